The molecule has 0 aliphatic carbocycles. The first-order valence-electron chi connectivity index (χ1n) is 18.9. The summed E-state index contributed by atoms with van der Waals surface area (Å²) in [5, 5.41) is 5.58. The fourth-order valence-corrected chi connectivity index (χ4v) is 6.70. The third-order valence-electron chi connectivity index (χ3n) is 8.94. The predicted octanol–water partition coefficient (Wildman–Crippen LogP) is 5.90. The SMILES string of the molecule is CCCC[C@H](NC(=O)/C=C(\C)c1ccc(C(F)(F)P(=O)(OCOC(=O)C(C)(C)C)OCOC(=O)C(C)(C)C)cc1)C(=O)N1CCC[C@H]1C(=O)N[C@H](C)CCC(N)=O. The van der Waals surface area contributed by atoms with Crippen molar-refractivity contribution in [3.05, 3.63) is 41.5 Å². The summed E-state index contributed by atoms with van der Waals surface area (Å²) in [6.45, 7) is 12.4. The summed E-state index contributed by atoms with van der Waals surface area (Å²) >= 11 is 0. The van der Waals surface area contributed by atoms with E-state index in [9.17, 15) is 33.3 Å². The van der Waals surface area contributed by atoms with E-state index in [1.165, 1.54) is 64.7 Å². The van der Waals surface area contributed by atoms with Crippen LogP contribution in [0.15, 0.2) is 30.3 Å². The van der Waals surface area contributed by atoms with Crippen molar-refractivity contribution in [3.8, 4) is 0 Å². The second kappa shape index (κ2) is 21.0. The highest BCUT2D eigenvalue weighted by molar-refractivity contribution is 7.54. The Morgan fingerprint density at radius 2 is 1.47 bits per heavy atom. The number of esters is 2. The van der Waals surface area contributed by atoms with Crippen LogP contribution in [0.1, 0.15) is 118 Å². The Bertz CT molecular complexity index is 1640. The Hall–Kier alpha value is -4.21. The number of unbranched alkanes of at least 4 members (excludes halogenated alkanes) is 1. The van der Waals surface area contributed by atoms with E-state index in [0.717, 1.165) is 18.6 Å². The van der Waals surface area contributed by atoms with Crippen molar-refractivity contribution in [3.63, 3.8) is 0 Å². The number of nitrogens with one attached hydrogen (secondary N) is 2. The molecule has 3 atom stereocenters. The highest BCUT2D eigenvalue weighted by Crippen LogP contribution is 2.67. The van der Waals surface area contributed by atoms with Crippen LogP contribution in [0, 0.1) is 10.8 Å². The van der Waals surface area contributed by atoms with Crippen molar-refractivity contribution < 1.29 is 60.6 Å². The highest BCUT2D eigenvalue weighted by Gasteiger charge is 2.56. The van der Waals surface area contributed by atoms with Crippen molar-refractivity contribution in [2.45, 2.75) is 131 Å². The van der Waals surface area contributed by atoms with Crippen LogP contribution in [0.25, 0.3) is 5.57 Å². The summed E-state index contributed by atoms with van der Waals surface area (Å²) in [7, 11) is -5.54. The molecule has 0 aromatic heterocycles. The van der Waals surface area contributed by atoms with Crippen molar-refractivity contribution in [2.24, 2.45) is 16.6 Å². The monoisotopic (exact) mass is 828 g/mol. The molecule has 4 amide bonds. The number of carbonyl (C=O) groups is 6. The molecule has 1 fully saturated rings. The number of alkyl halides is 2. The summed E-state index contributed by atoms with van der Waals surface area (Å²) in [5.41, 5.74) is -1.30. The zero-order chi connectivity index (χ0) is 43.4. The minimum atomic E-state index is -5.54. The first kappa shape index (κ1) is 48.9. The Kier molecular flexibility index (Phi) is 18.0. The standard InChI is InChI=1S/C39H59F2N4O11P/c1-10-11-13-29(34(49)45-21-12-14-30(45)33(48)43-26(3)15-20-31(42)46)44-32(47)22-25(2)27-16-18-28(19-17-27)39(40,41)57(52,55-23-53-35(50)37(4,5)6)56-24-54-36(51)38(7,8)9/h16-19,22,26,29-30H,10-15,20-21,23-24H2,1-9H3,(H2,42,46)(H,43,48)(H,44,47)/b25-22+/t26-,29+,30+/m1/s1. The lowest BCUT2D eigenvalue weighted by atomic mass is 9.98. The van der Waals surface area contributed by atoms with E-state index in [2.05, 4.69) is 10.6 Å². The average molecular weight is 829 g/mol. The highest BCUT2D eigenvalue weighted by atomic mass is 31.2. The number of rotatable bonds is 20. The van der Waals surface area contributed by atoms with Gasteiger partial charge < -0.3 is 30.7 Å². The van der Waals surface area contributed by atoms with E-state index in [4.69, 9.17) is 24.3 Å². The molecule has 18 heteroatoms. The van der Waals surface area contributed by atoms with Crippen LogP contribution in [0.5, 0.6) is 0 Å². The number of primary amides is 1. The number of benzene rings is 1. The molecule has 1 aliphatic heterocycles. The zero-order valence-electron chi connectivity index (χ0n) is 34.4. The van der Waals surface area contributed by atoms with E-state index in [0.29, 0.717) is 49.8 Å². The molecule has 15 nitrogen and oxygen atoms in total. The van der Waals surface area contributed by atoms with E-state index in [1.807, 2.05) is 6.92 Å². The number of allylic oxidation sites excluding steroid dienone is 1. The fraction of sp³-hybridized carbons (Fsp3) is 0.641. The number of nitrogens with two attached hydrogens (primary N) is 1. The Balaban J connectivity index is 2.25. The normalized spacial score (nSPS) is 16.4. The molecule has 0 radical (unpaired) electrons. The Morgan fingerprint density at radius 1 is 0.930 bits per heavy atom. The van der Waals surface area contributed by atoms with Gasteiger partial charge in [-0.25, -0.2) is 0 Å². The van der Waals surface area contributed by atoms with Gasteiger partial charge in [-0.3, -0.25) is 42.4 Å². The van der Waals surface area contributed by atoms with E-state index < -0.39 is 85.0 Å². The zero-order valence-corrected chi connectivity index (χ0v) is 35.3. The predicted molar refractivity (Wildman–Crippen MR) is 207 cm³/mol. The smallest absolute Gasteiger partial charge is 0.410 e. The third kappa shape index (κ3) is 14.6. The number of halogens is 2. The van der Waals surface area contributed by atoms with Crippen LogP contribution in [-0.4, -0.2) is 78.7 Å². The first-order chi connectivity index (χ1) is 26.3. The van der Waals surface area contributed by atoms with Crippen molar-refractivity contribution >= 4 is 48.7 Å². The molecule has 1 aliphatic rings. The van der Waals surface area contributed by atoms with Crippen LogP contribution < -0.4 is 16.4 Å². The molecule has 1 saturated heterocycles. The molecule has 4 N–H and O–H groups in total. The molecular formula is C39H59F2N4O11P. The molecule has 0 bridgehead atoms. The average Bonchev–Trinajstić information content (AvgIpc) is 3.61. The molecular weight excluding hydrogens is 769 g/mol. The number of ether oxygens (including phenoxy) is 2. The van der Waals surface area contributed by atoms with Gasteiger partial charge in [-0.1, -0.05) is 44.0 Å². The summed E-state index contributed by atoms with van der Waals surface area (Å²) in [4.78, 5) is 77.1. The molecule has 0 saturated carbocycles. The van der Waals surface area contributed by atoms with Crippen LogP contribution in [0.4, 0.5) is 8.78 Å². The van der Waals surface area contributed by atoms with Crippen LogP contribution in [0.2, 0.25) is 0 Å². The second-order valence-electron chi connectivity index (χ2n) is 16.1. The lowest BCUT2D eigenvalue weighted by Crippen LogP contribution is -2.54. The number of carbonyl (C=O) groups excluding carboxylic acids is 6. The maximum Gasteiger partial charge on any atom is 0.410 e. The van der Waals surface area contributed by atoms with Crippen molar-refractivity contribution in [1.29, 1.82) is 0 Å². The molecule has 57 heavy (non-hydrogen) atoms. The summed E-state index contributed by atoms with van der Waals surface area (Å²) < 4.78 is 65.1. The number of amides is 4. The summed E-state index contributed by atoms with van der Waals surface area (Å²) in [6, 6.07) is 2.38. The molecule has 1 aromatic carbocycles. The summed E-state index contributed by atoms with van der Waals surface area (Å²) in [5.74, 6) is -3.52. The number of hydrogen-bond acceptors (Lipinski definition) is 11. The van der Waals surface area contributed by atoms with E-state index in [-0.39, 0.29) is 18.4 Å². The van der Waals surface area contributed by atoms with Crippen molar-refractivity contribution in [2.75, 3.05) is 20.1 Å². The molecule has 320 valence electrons. The fourth-order valence-electron chi connectivity index (χ4n) is 5.45. The van der Waals surface area contributed by atoms with Gasteiger partial charge in [0.2, 0.25) is 37.2 Å². The van der Waals surface area contributed by atoms with E-state index in [1.54, 1.807) is 13.8 Å². The number of hydrogen-bond donors (Lipinski definition) is 3. The minimum absolute atomic E-state index is 0.102. The molecule has 0 spiro atoms. The first-order valence-corrected chi connectivity index (χ1v) is 20.5. The molecule has 0 unspecified atom stereocenters. The number of likely N-dealkylation sites (tertiary alicyclic amines) is 1. The number of nitrogens with zero attached hydrogens (tertiary/aromatic N) is 1. The largest absolute Gasteiger partial charge is 0.438 e. The van der Waals surface area contributed by atoms with Gasteiger partial charge in [0, 0.05) is 30.6 Å². The van der Waals surface area contributed by atoms with Crippen LogP contribution in [-0.2, 0) is 57.5 Å². The van der Waals surface area contributed by atoms with Gasteiger partial charge in [0.15, 0.2) is 0 Å². The lowest BCUT2D eigenvalue weighted by molar-refractivity contribution is -0.163. The van der Waals surface area contributed by atoms with Gasteiger partial charge in [-0.2, -0.15) is 8.78 Å². The lowest BCUT2D eigenvalue weighted by Gasteiger charge is -2.29. The van der Waals surface area contributed by atoms with E-state index >= 15 is 8.78 Å². The Morgan fingerprint density at radius 3 is 1.96 bits per heavy atom. The third-order valence-corrected chi connectivity index (χ3v) is 10.8. The van der Waals surface area contributed by atoms with Gasteiger partial charge in [-0.15, -0.1) is 0 Å². The molecule has 1 aromatic rings. The quantitative estimate of drug-likeness (QED) is 0.0610. The van der Waals surface area contributed by atoms with Crippen LogP contribution >= 0.6 is 7.60 Å². The Labute approximate surface area is 333 Å². The molecule has 1 heterocycles. The van der Waals surface area contributed by atoms with Gasteiger partial charge in [0.25, 0.3) is 0 Å². The van der Waals surface area contributed by atoms with Gasteiger partial charge in [0.1, 0.15) is 12.1 Å². The van der Waals surface area contributed by atoms with Crippen LogP contribution in [0.3, 0.4) is 0 Å². The second-order valence-corrected chi connectivity index (χ2v) is 18.2. The summed E-state index contributed by atoms with van der Waals surface area (Å²) in [6.07, 6.45) is 4.34. The van der Waals surface area contributed by atoms with Gasteiger partial charge in [-0.05, 0) is 92.2 Å². The van der Waals surface area contributed by atoms with Gasteiger partial charge in [0.05, 0.1) is 10.8 Å². The maximum absolute atomic E-state index is 16.0. The molecule has 2 rings (SSSR count). The topological polar surface area (TPSA) is 210 Å². The van der Waals surface area contributed by atoms with Crippen molar-refractivity contribution in [1.82, 2.24) is 15.5 Å². The minimum Gasteiger partial charge on any atom is -0.438 e. The maximum atomic E-state index is 16.0. The van der Waals surface area contributed by atoms with Gasteiger partial charge >= 0.3 is 25.2 Å².